The summed E-state index contributed by atoms with van der Waals surface area (Å²) in [6.45, 7) is 3.92. The van der Waals surface area contributed by atoms with Crippen molar-refractivity contribution in [3.05, 3.63) is 0 Å². The molecule has 0 saturated carbocycles. The van der Waals surface area contributed by atoms with Gasteiger partial charge in [-0.15, -0.1) is 0 Å². The van der Waals surface area contributed by atoms with Gasteiger partial charge in [0.05, 0.1) is 0 Å². The van der Waals surface area contributed by atoms with Crippen LogP contribution in [0.3, 0.4) is 0 Å². The molecule has 0 rings (SSSR count). The SMILES string of the molecule is CCCCCCP(=O)(O)CC.[Co]. The molecule has 1 radical (unpaired) electrons. The summed E-state index contributed by atoms with van der Waals surface area (Å²) in [5, 5.41) is 0. The molecule has 0 bridgehead atoms. The molecule has 0 saturated heterocycles. The van der Waals surface area contributed by atoms with Crippen LogP contribution in [0.15, 0.2) is 0 Å². The molecule has 0 aromatic heterocycles. The minimum atomic E-state index is -2.71. The van der Waals surface area contributed by atoms with E-state index in [1.807, 2.05) is 0 Å². The zero-order valence-corrected chi connectivity index (χ0v) is 9.81. The molecule has 1 atom stereocenters. The van der Waals surface area contributed by atoms with E-state index in [0.717, 1.165) is 12.8 Å². The predicted molar refractivity (Wildman–Crippen MR) is 49.4 cm³/mol. The predicted octanol–water partition coefficient (Wildman–Crippen LogP) is 2.85. The Bertz CT molecular complexity index is 139. The Kier molecular flexibility index (Phi) is 10.5. The van der Waals surface area contributed by atoms with Crippen LogP contribution in [0.4, 0.5) is 0 Å². The summed E-state index contributed by atoms with van der Waals surface area (Å²) in [7, 11) is -2.71. The average molecular weight is 237 g/mol. The van der Waals surface area contributed by atoms with Crippen LogP contribution < -0.4 is 0 Å². The van der Waals surface area contributed by atoms with Gasteiger partial charge < -0.3 is 4.89 Å². The van der Waals surface area contributed by atoms with Crippen molar-refractivity contribution in [3.63, 3.8) is 0 Å². The molecule has 0 amide bonds. The fourth-order valence-corrected chi connectivity index (χ4v) is 1.98. The van der Waals surface area contributed by atoms with Crippen LogP contribution in [0.25, 0.3) is 0 Å². The molecule has 1 N–H and O–H groups in total. The Morgan fingerprint density at radius 1 is 1.17 bits per heavy atom. The zero-order chi connectivity index (χ0) is 8.74. The van der Waals surface area contributed by atoms with Crippen LogP contribution in [0.2, 0.25) is 0 Å². The van der Waals surface area contributed by atoms with Gasteiger partial charge in [-0.2, -0.15) is 0 Å². The molecule has 77 valence electrons. The maximum Gasteiger partial charge on any atom is 0.200 e. The summed E-state index contributed by atoms with van der Waals surface area (Å²) in [4.78, 5) is 9.18. The van der Waals surface area contributed by atoms with E-state index < -0.39 is 7.37 Å². The van der Waals surface area contributed by atoms with Crippen molar-refractivity contribution < 1.29 is 26.2 Å². The molecule has 0 heterocycles. The maximum atomic E-state index is 11.1. The molecule has 12 heavy (non-hydrogen) atoms. The van der Waals surface area contributed by atoms with Gasteiger partial charge in [-0.3, -0.25) is 4.57 Å². The zero-order valence-electron chi connectivity index (χ0n) is 7.88. The number of hydrogen-bond donors (Lipinski definition) is 1. The van der Waals surface area contributed by atoms with Gasteiger partial charge in [0.25, 0.3) is 0 Å². The van der Waals surface area contributed by atoms with Gasteiger partial charge in [0, 0.05) is 29.1 Å². The van der Waals surface area contributed by atoms with Crippen LogP contribution in [-0.4, -0.2) is 17.2 Å². The maximum absolute atomic E-state index is 11.1. The molecule has 1 unspecified atom stereocenters. The standard InChI is InChI=1S/C8H19O2P.Co/c1-3-5-6-7-8-11(9,10)4-2;/h3-8H2,1-2H3,(H,9,10);. The topological polar surface area (TPSA) is 37.3 Å². The molecule has 0 aliphatic rings. The first kappa shape index (κ1) is 15.2. The first-order valence-electron chi connectivity index (χ1n) is 4.43. The average Bonchev–Trinajstić information content (AvgIpc) is 1.99. The second-order valence-electron chi connectivity index (χ2n) is 2.95. The van der Waals surface area contributed by atoms with Gasteiger partial charge >= 0.3 is 0 Å². The monoisotopic (exact) mass is 237 g/mol. The van der Waals surface area contributed by atoms with Crippen LogP contribution in [0, 0.1) is 0 Å². The Hall–Kier alpha value is 0.696. The Balaban J connectivity index is 0. The van der Waals surface area contributed by atoms with Crippen molar-refractivity contribution in [1.29, 1.82) is 0 Å². The van der Waals surface area contributed by atoms with Gasteiger partial charge in [-0.25, -0.2) is 0 Å². The van der Waals surface area contributed by atoms with Crippen molar-refractivity contribution in [2.45, 2.75) is 39.5 Å². The largest absolute Gasteiger partial charge is 0.344 e. The summed E-state index contributed by atoms with van der Waals surface area (Å²) < 4.78 is 11.1. The van der Waals surface area contributed by atoms with E-state index >= 15 is 0 Å². The van der Waals surface area contributed by atoms with Crippen molar-refractivity contribution in [2.75, 3.05) is 12.3 Å². The fraction of sp³-hybridized carbons (Fsp3) is 1.00. The molecular formula is C8H19CoO2P. The summed E-state index contributed by atoms with van der Waals surface area (Å²) in [6.07, 6.45) is 5.32. The number of rotatable bonds is 6. The minimum Gasteiger partial charge on any atom is -0.344 e. The van der Waals surface area contributed by atoms with Gasteiger partial charge in [-0.1, -0.05) is 33.1 Å². The molecule has 0 aliphatic carbocycles. The minimum absolute atomic E-state index is 0. The third-order valence-electron chi connectivity index (χ3n) is 1.86. The molecule has 2 nitrogen and oxygen atoms in total. The van der Waals surface area contributed by atoms with Crippen LogP contribution >= 0.6 is 7.37 Å². The van der Waals surface area contributed by atoms with Gasteiger partial charge in [0.1, 0.15) is 0 Å². The van der Waals surface area contributed by atoms with E-state index in [-0.39, 0.29) is 16.8 Å². The molecule has 4 heteroatoms. The molecular weight excluding hydrogens is 218 g/mol. The second kappa shape index (κ2) is 8.30. The fourth-order valence-electron chi connectivity index (χ4n) is 0.944. The van der Waals surface area contributed by atoms with E-state index in [0.29, 0.717) is 12.3 Å². The quantitative estimate of drug-likeness (QED) is 0.569. The van der Waals surface area contributed by atoms with Gasteiger partial charge in [-0.05, 0) is 6.42 Å². The van der Waals surface area contributed by atoms with Crippen molar-refractivity contribution in [2.24, 2.45) is 0 Å². The third-order valence-corrected chi connectivity index (χ3v) is 3.86. The Morgan fingerprint density at radius 2 is 1.75 bits per heavy atom. The number of unbranched alkanes of at least 4 members (excludes halogenated alkanes) is 3. The Labute approximate surface area is 85.8 Å². The van der Waals surface area contributed by atoms with Crippen LogP contribution in [0.5, 0.6) is 0 Å². The molecule has 0 aromatic carbocycles. The molecule has 0 spiro atoms. The van der Waals surface area contributed by atoms with Crippen LogP contribution in [0.1, 0.15) is 39.5 Å². The van der Waals surface area contributed by atoms with Crippen molar-refractivity contribution in [3.8, 4) is 0 Å². The van der Waals surface area contributed by atoms with Gasteiger partial charge in [0.2, 0.25) is 0 Å². The molecule has 0 aliphatic heterocycles. The smallest absolute Gasteiger partial charge is 0.200 e. The first-order valence-corrected chi connectivity index (χ1v) is 6.46. The van der Waals surface area contributed by atoms with Crippen LogP contribution in [-0.2, 0) is 21.3 Å². The summed E-state index contributed by atoms with van der Waals surface area (Å²) in [5.74, 6) is 0. The molecule has 0 fully saturated rings. The van der Waals surface area contributed by atoms with E-state index in [1.165, 1.54) is 12.8 Å². The van der Waals surface area contributed by atoms with Crippen molar-refractivity contribution in [1.82, 2.24) is 0 Å². The van der Waals surface area contributed by atoms with E-state index in [4.69, 9.17) is 0 Å². The van der Waals surface area contributed by atoms with E-state index in [1.54, 1.807) is 6.92 Å². The summed E-state index contributed by atoms with van der Waals surface area (Å²) >= 11 is 0. The third kappa shape index (κ3) is 8.79. The first-order chi connectivity index (χ1) is 5.12. The summed E-state index contributed by atoms with van der Waals surface area (Å²) in [5.41, 5.74) is 0. The summed E-state index contributed by atoms with van der Waals surface area (Å²) in [6, 6.07) is 0. The normalized spacial score (nSPS) is 14.9. The number of hydrogen-bond acceptors (Lipinski definition) is 1. The van der Waals surface area contributed by atoms with Crippen molar-refractivity contribution >= 4 is 7.37 Å². The second-order valence-corrected chi connectivity index (χ2v) is 5.72. The van der Waals surface area contributed by atoms with E-state index in [9.17, 15) is 9.46 Å². The van der Waals surface area contributed by atoms with Gasteiger partial charge in [0.15, 0.2) is 7.37 Å². The Morgan fingerprint density at radius 3 is 2.17 bits per heavy atom. The van der Waals surface area contributed by atoms with E-state index in [2.05, 4.69) is 6.92 Å². The molecule has 0 aromatic rings.